The maximum Gasteiger partial charge on any atom is 0.416 e. The number of sulfonamides is 1. The van der Waals surface area contributed by atoms with E-state index in [1.807, 2.05) is 0 Å². The van der Waals surface area contributed by atoms with Gasteiger partial charge < -0.3 is 5.73 Å². The van der Waals surface area contributed by atoms with Crippen molar-refractivity contribution in [1.82, 2.24) is 4.72 Å². The Balaban J connectivity index is 0.00000242. The number of nitrogens with one attached hydrogen (secondary N) is 1. The maximum atomic E-state index is 12.8. The van der Waals surface area contributed by atoms with Gasteiger partial charge in [0, 0.05) is 12.1 Å². The lowest BCUT2D eigenvalue weighted by atomic mass is 9.78. The quantitative estimate of drug-likeness (QED) is 0.849. The highest BCUT2D eigenvalue weighted by Gasteiger charge is 2.36. The van der Waals surface area contributed by atoms with Gasteiger partial charge in [0.1, 0.15) is 0 Å². The molecular weight excluding hydrogens is 341 g/mol. The van der Waals surface area contributed by atoms with Gasteiger partial charge in [0.05, 0.1) is 11.3 Å². The molecule has 126 valence electrons. The first-order chi connectivity index (χ1) is 9.61. The van der Waals surface area contributed by atoms with Crippen LogP contribution in [0.3, 0.4) is 0 Å². The first-order valence-corrected chi connectivity index (χ1v) is 8.18. The Bertz CT molecular complexity index is 616. The summed E-state index contributed by atoms with van der Waals surface area (Å²) in [5.74, 6) is -0.710. The molecule has 22 heavy (non-hydrogen) atoms. The Hall–Kier alpha value is -0.830. The maximum absolute atomic E-state index is 12.8. The minimum Gasteiger partial charge on any atom is -0.324 e. The smallest absolute Gasteiger partial charge is 0.324 e. The predicted molar refractivity (Wildman–Crippen MR) is 80.1 cm³/mol. The van der Waals surface area contributed by atoms with Crippen molar-refractivity contribution in [2.75, 3.05) is 6.54 Å². The predicted octanol–water partition coefficient (Wildman–Crippen LogP) is 2.43. The molecule has 0 radical (unpaired) electrons. The van der Waals surface area contributed by atoms with E-state index in [9.17, 15) is 21.6 Å². The van der Waals surface area contributed by atoms with E-state index in [0.717, 1.165) is 12.5 Å². The summed E-state index contributed by atoms with van der Waals surface area (Å²) < 4.78 is 64.7. The molecule has 1 aromatic rings. The van der Waals surface area contributed by atoms with E-state index in [-0.39, 0.29) is 24.5 Å². The molecule has 1 aliphatic carbocycles. The molecule has 0 heterocycles. The van der Waals surface area contributed by atoms with Crippen LogP contribution in [0.25, 0.3) is 0 Å². The lowest BCUT2D eigenvalue weighted by Gasteiger charge is -2.38. The number of hydrogen-bond acceptors (Lipinski definition) is 3. The van der Waals surface area contributed by atoms with Crippen LogP contribution in [0.5, 0.6) is 0 Å². The van der Waals surface area contributed by atoms with Gasteiger partial charge in [-0.2, -0.15) is 13.2 Å². The van der Waals surface area contributed by atoms with Crippen LogP contribution in [0.2, 0.25) is 0 Å². The minimum absolute atomic E-state index is 0. The van der Waals surface area contributed by atoms with Gasteiger partial charge in [0.25, 0.3) is 0 Å². The Morgan fingerprint density at radius 3 is 2.32 bits per heavy atom. The molecule has 1 aromatic carbocycles. The van der Waals surface area contributed by atoms with E-state index in [0.29, 0.717) is 12.8 Å². The molecule has 0 spiro atoms. The van der Waals surface area contributed by atoms with Crippen LogP contribution in [-0.2, 0) is 22.0 Å². The van der Waals surface area contributed by atoms with Crippen LogP contribution in [0.15, 0.2) is 24.3 Å². The summed E-state index contributed by atoms with van der Waals surface area (Å²) in [7, 11) is -3.86. The van der Waals surface area contributed by atoms with E-state index in [1.54, 1.807) is 0 Å². The largest absolute Gasteiger partial charge is 0.416 e. The van der Waals surface area contributed by atoms with Crippen molar-refractivity contribution in [2.24, 2.45) is 5.73 Å². The van der Waals surface area contributed by atoms with Crippen molar-refractivity contribution in [1.29, 1.82) is 0 Å². The van der Waals surface area contributed by atoms with Crippen molar-refractivity contribution in [3.8, 4) is 0 Å². The third-order valence-electron chi connectivity index (χ3n) is 3.66. The number of hydrogen-bond donors (Lipinski definition) is 2. The van der Waals surface area contributed by atoms with E-state index in [4.69, 9.17) is 5.73 Å². The summed E-state index contributed by atoms with van der Waals surface area (Å²) >= 11 is 0. The molecule has 0 bridgehead atoms. The average molecular weight is 359 g/mol. The number of halogens is 4. The van der Waals surface area contributed by atoms with Crippen LogP contribution in [0.1, 0.15) is 30.4 Å². The Morgan fingerprint density at radius 2 is 1.82 bits per heavy atom. The van der Waals surface area contributed by atoms with Crippen molar-refractivity contribution in [2.45, 2.75) is 36.7 Å². The summed E-state index contributed by atoms with van der Waals surface area (Å²) in [6, 6.07) is 4.66. The third-order valence-corrected chi connectivity index (χ3v) is 4.94. The zero-order valence-corrected chi connectivity index (χ0v) is 13.3. The highest BCUT2D eigenvalue weighted by molar-refractivity contribution is 7.88. The lowest BCUT2D eigenvalue weighted by Crippen LogP contribution is -2.55. The number of benzene rings is 1. The monoisotopic (exact) mass is 358 g/mol. The summed E-state index contributed by atoms with van der Waals surface area (Å²) in [5.41, 5.74) is 4.14. The summed E-state index contributed by atoms with van der Waals surface area (Å²) in [4.78, 5) is 0. The van der Waals surface area contributed by atoms with E-state index in [2.05, 4.69) is 4.72 Å². The van der Waals surface area contributed by atoms with Gasteiger partial charge in [-0.3, -0.25) is 0 Å². The average Bonchev–Trinajstić information content (AvgIpc) is 2.33. The van der Waals surface area contributed by atoms with E-state index in [1.165, 1.54) is 18.2 Å². The van der Waals surface area contributed by atoms with Gasteiger partial charge in [-0.25, -0.2) is 13.1 Å². The topological polar surface area (TPSA) is 72.2 Å². The summed E-state index contributed by atoms with van der Waals surface area (Å²) in [5, 5.41) is 0. The number of alkyl halides is 3. The second-order valence-electron chi connectivity index (χ2n) is 5.45. The molecule has 1 saturated carbocycles. The molecule has 0 aromatic heterocycles. The van der Waals surface area contributed by atoms with Crippen LogP contribution < -0.4 is 10.5 Å². The SMILES string of the molecule is Cl.NC1(CNS(=O)(=O)Cc2ccccc2C(F)(F)F)CCC1. The first-order valence-electron chi connectivity index (χ1n) is 6.53. The van der Waals surface area contributed by atoms with E-state index < -0.39 is 33.1 Å². The molecule has 4 nitrogen and oxygen atoms in total. The summed E-state index contributed by atoms with van der Waals surface area (Å²) in [6.07, 6.45) is -2.20. The molecule has 9 heteroatoms. The molecule has 1 fully saturated rings. The molecule has 0 atom stereocenters. The van der Waals surface area contributed by atoms with Gasteiger partial charge in [-0.15, -0.1) is 12.4 Å². The van der Waals surface area contributed by atoms with Crippen molar-refractivity contribution in [3.63, 3.8) is 0 Å². The fourth-order valence-electron chi connectivity index (χ4n) is 2.24. The molecular formula is C13H18ClF3N2O2S. The van der Waals surface area contributed by atoms with Crippen molar-refractivity contribution in [3.05, 3.63) is 35.4 Å². The standard InChI is InChI=1S/C13H17F3N2O2S.ClH/c14-13(15,16)11-5-2-1-4-10(11)8-21(19,20)18-9-12(17)6-3-7-12;/h1-2,4-5,18H,3,6-9,17H2;1H. The lowest BCUT2D eigenvalue weighted by molar-refractivity contribution is -0.138. The highest BCUT2D eigenvalue weighted by Crippen LogP contribution is 2.32. The fourth-order valence-corrected chi connectivity index (χ4v) is 3.51. The molecule has 0 aliphatic heterocycles. The normalized spacial score (nSPS) is 17.5. The van der Waals surface area contributed by atoms with Gasteiger partial charge >= 0.3 is 6.18 Å². The molecule has 0 unspecified atom stereocenters. The van der Waals surface area contributed by atoms with Gasteiger partial charge in [-0.05, 0) is 30.9 Å². The zero-order valence-electron chi connectivity index (χ0n) is 11.7. The van der Waals surface area contributed by atoms with Crippen LogP contribution in [0.4, 0.5) is 13.2 Å². The fraction of sp³-hybridized carbons (Fsp3) is 0.538. The molecule has 0 saturated heterocycles. The van der Waals surface area contributed by atoms with Crippen LogP contribution >= 0.6 is 12.4 Å². The highest BCUT2D eigenvalue weighted by atomic mass is 35.5. The van der Waals surface area contributed by atoms with Crippen LogP contribution in [0, 0.1) is 0 Å². The van der Waals surface area contributed by atoms with Crippen LogP contribution in [-0.4, -0.2) is 20.5 Å². The van der Waals surface area contributed by atoms with Crippen molar-refractivity contribution >= 4 is 22.4 Å². The Labute approximate surface area is 133 Å². The first kappa shape index (κ1) is 19.2. The number of nitrogens with two attached hydrogens (primary N) is 1. The van der Waals surface area contributed by atoms with Gasteiger partial charge in [0.2, 0.25) is 10.0 Å². The third kappa shape index (κ3) is 4.84. The van der Waals surface area contributed by atoms with Gasteiger partial charge in [-0.1, -0.05) is 18.2 Å². The van der Waals surface area contributed by atoms with Gasteiger partial charge in [0.15, 0.2) is 0 Å². The second kappa shape index (κ2) is 6.74. The number of rotatable bonds is 5. The zero-order chi connectivity index (χ0) is 15.7. The minimum atomic E-state index is -4.57. The van der Waals surface area contributed by atoms with E-state index >= 15 is 0 Å². The van der Waals surface area contributed by atoms with Crippen molar-refractivity contribution < 1.29 is 21.6 Å². The molecule has 3 N–H and O–H groups in total. The summed E-state index contributed by atoms with van der Waals surface area (Å²) in [6.45, 7) is 0.0590. The molecule has 2 rings (SSSR count). The molecule has 0 amide bonds. The molecule has 1 aliphatic rings. The Kier molecular flexibility index (Phi) is 5.88. The second-order valence-corrected chi connectivity index (χ2v) is 7.26. The Morgan fingerprint density at radius 1 is 1.23 bits per heavy atom.